The molecule has 7 heteroatoms. The Hall–Kier alpha value is -1.21. The maximum Gasteiger partial charge on any atom is 0.446 e. The minimum absolute atomic E-state index is 0.0314. The number of β-amino-alcohol motifs (C(OH)–C–C–N with tert-alkyl or cyclic N) is 1. The molecule has 1 amide bonds. The normalized spacial score (nSPS) is 20.0. The number of aliphatic hydroxyl groups excluding tert-OH is 1. The van der Waals surface area contributed by atoms with Gasteiger partial charge in [-0.3, -0.25) is 4.79 Å². The van der Waals surface area contributed by atoms with Crippen LogP contribution in [0.2, 0.25) is 0 Å². The van der Waals surface area contributed by atoms with Crippen LogP contribution < -0.4 is 0 Å². The van der Waals surface area contributed by atoms with Gasteiger partial charge in [0.05, 0.1) is 11.7 Å². The molecule has 3 nitrogen and oxygen atoms in total. The summed E-state index contributed by atoms with van der Waals surface area (Å²) in [4.78, 5) is 13.6. The van der Waals surface area contributed by atoms with E-state index in [0.717, 1.165) is 0 Å². The third-order valence-electron chi connectivity index (χ3n) is 3.03. The fraction of sp³-hybridized carbons (Fsp3) is 0.462. The van der Waals surface area contributed by atoms with E-state index in [-0.39, 0.29) is 28.8 Å². The molecule has 2 rings (SSSR count). The lowest BCUT2D eigenvalue weighted by atomic mass is 10.1. The van der Waals surface area contributed by atoms with E-state index in [1.807, 2.05) is 0 Å². The smallest absolute Gasteiger partial charge is 0.391 e. The van der Waals surface area contributed by atoms with E-state index in [9.17, 15) is 23.1 Å². The Labute approximate surface area is 118 Å². The number of benzene rings is 1. The molecule has 0 aliphatic carbocycles. The molecule has 1 heterocycles. The predicted octanol–water partition coefficient (Wildman–Crippen LogP) is 2.90. The van der Waals surface area contributed by atoms with Crippen LogP contribution in [0, 0.1) is 0 Å². The van der Waals surface area contributed by atoms with Gasteiger partial charge in [0.1, 0.15) is 0 Å². The number of carbonyl (C=O) groups is 1. The van der Waals surface area contributed by atoms with Crippen molar-refractivity contribution in [3.63, 3.8) is 0 Å². The number of alkyl halides is 3. The lowest BCUT2D eigenvalue weighted by Gasteiger charge is -2.30. The molecule has 1 atom stereocenters. The predicted molar refractivity (Wildman–Crippen MR) is 69.5 cm³/mol. The first-order valence-electron chi connectivity index (χ1n) is 6.19. The lowest BCUT2D eigenvalue weighted by molar-refractivity contribution is -0.0328. The Balaban J connectivity index is 2.21. The molecule has 1 N–H and O–H groups in total. The van der Waals surface area contributed by atoms with Gasteiger partial charge in [0.2, 0.25) is 0 Å². The first-order chi connectivity index (χ1) is 9.37. The van der Waals surface area contributed by atoms with Gasteiger partial charge in [-0.2, -0.15) is 13.2 Å². The van der Waals surface area contributed by atoms with Crippen LogP contribution >= 0.6 is 11.8 Å². The summed E-state index contributed by atoms with van der Waals surface area (Å²) in [5, 5.41) is 9.55. The van der Waals surface area contributed by atoms with Crippen LogP contribution in [0.1, 0.15) is 23.2 Å². The number of halogens is 3. The minimum atomic E-state index is -4.43. The van der Waals surface area contributed by atoms with Gasteiger partial charge < -0.3 is 10.0 Å². The number of rotatable bonds is 2. The summed E-state index contributed by atoms with van der Waals surface area (Å²) in [6, 6.07) is 5.67. The van der Waals surface area contributed by atoms with Crippen LogP contribution in [-0.4, -0.2) is 40.6 Å². The second kappa shape index (κ2) is 6.05. The van der Waals surface area contributed by atoms with Crippen molar-refractivity contribution in [2.24, 2.45) is 0 Å². The molecule has 110 valence electrons. The van der Waals surface area contributed by atoms with Gasteiger partial charge in [-0.15, -0.1) is 0 Å². The summed E-state index contributed by atoms with van der Waals surface area (Å²) in [7, 11) is 0. The molecular formula is C13H14F3NO2S. The standard InChI is InChI=1S/C13H14F3NO2S/c14-13(15,16)20-11-6-2-1-5-10(11)12(19)17-7-3-4-9(18)8-17/h1-2,5-6,9,18H,3-4,7-8H2. The number of thioether (sulfide) groups is 1. The minimum Gasteiger partial charge on any atom is -0.391 e. The van der Waals surface area contributed by atoms with Gasteiger partial charge in [-0.25, -0.2) is 0 Å². The van der Waals surface area contributed by atoms with Crippen LogP contribution in [0.25, 0.3) is 0 Å². The summed E-state index contributed by atoms with van der Waals surface area (Å²) in [6.07, 6.45) is 0.666. The summed E-state index contributed by atoms with van der Waals surface area (Å²) in [6.45, 7) is 0.630. The SMILES string of the molecule is O=C(c1ccccc1SC(F)(F)F)N1CCCC(O)C1. The number of hydrogen-bond acceptors (Lipinski definition) is 3. The van der Waals surface area contributed by atoms with Crippen molar-refractivity contribution in [3.8, 4) is 0 Å². The van der Waals surface area contributed by atoms with Gasteiger partial charge in [-0.05, 0) is 36.7 Å². The Bertz CT molecular complexity index is 493. The van der Waals surface area contributed by atoms with Crippen molar-refractivity contribution >= 4 is 17.7 Å². The van der Waals surface area contributed by atoms with Gasteiger partial charge in [0.25, 0.3) is 5.91 Å². The first-order valence-corrected chi connectivity index (χ1v) is 7.00. The molecule has 0 radical (unpaired) electrons. The largest absolute Gasteiger partial charge is 0.446 e. The van der Waals surface area contributed by atoms with Crippen LogP contribution in [0.4, 0.5) is 13.2 Å². The first kappa shape index (κ1) is 15.2. The summed E-state index contributed by atoms with van der Waals surface area (Å²) in [5.41, 5.74) is -4.40. The molecule has 1 fully saturated rings. The molecule has 20 heavy (non-hydrogen) atoms. The summed E-state index contributed by atoms with van der Waals surface area (Å²) in [5.74, 6) is -0.462. The average Bonchev–Trinajstić information content (AvgIpc) is 2.37. The number of piperidine rings is 1. The number of carbonyl (C=O) groups excluding carboxylic acids is 1. The molecule has 0 bridgehead atoms. The maximum atomic E-state index is 12.5. The highest BCUT2D eigenvalue weighted by atomic mass is 32.2. The van der Waals surface area contributed by atoms with Gasteiger partial charge >= 0.3 is 5.51 Å². The third-order valence-corrected chi connectivity index (χ3v) is 3.83. The molecule has 1 aromatic carbocycles. The highest BCUT2D eigenvalue weighted by molar-refractivity contribution is 8.00. The van der Waals surface area contributed by atoms with Crippen molar-refractivity contribution in [3.05, 3.63) is 29.8 Å². The van der Waals surface area contributed by atoms with Crippen LogP contribution in [0.3, 0.4) is 0 Å². The molecule has 1 aliphatic rings. The zero-order valence-electron chi connectivity index (χ0n) is 10.6. The maximum absolute atomic E-state index is 12.5. The molecule has 1 aliphatic heterocycles. The summed E-state index contributed by atoms with van der Waals surface area (Å²) < 4.78 is 37.5. The Morgan fingerprint density at radius 3 is 2.70 bits per heavy atom. The van der Waals surface area contributed by atoms with Gasteiger partial charge in [-0.1, -0.05) is 12.1 Å². The van der Waals surface area contributed by atoms with Crippen molar-refractivity contribution in [2.75, 3.05) is 13.1 Å². The molecule has 0 saturated carbocycles. The van der Waals surface area contributed by atoms with E-state index in [0.29, 0.717) is 19.4 Å². The van der Waals surface area contributed by atoms with Crippen molar-refractivity contribution < 1.29 is 23.1 Å². The average molecular weight is 305 g/mol. The number of nitrogens with zero attached hydrogens (tertiary/aromatic N) is 1. The van der Waals surface area contributed by atoms with E-state index in [2.05, 4.69) is 0 Å². The summed E-state index contributed by atoms with van der Waals surface area (Å²) >= 11 is -0.290. The molecule has 0 spiro atoms. The van der Waals surface area contributed by atoms with Gasteiger partial charge in [0.15, 0.2) is 0 Å². The topological polar surface area (TPSA) is 40.5 Å². The van der Waals surface area contributed by atoms with Gasteiger partial charge in [0, 0.05) is 18.0 Å². The Kier molecular flexibility index (Phi) is 4.59. The van der Waals surface area contributed by atoms with Crippen LogP contribution in [0.15, 0.2) is 29.2 Å². The van der Waals surface area contributed by atoms with Crippen molar-refractivity contribution in [2.45, 2.75) is 29.3 Å². The number of amides is 1. The quantitative estimate of drug-likeness (QED) is 0.854. The number of likely N-dealkylation sites (tertiary alicyclic amines) is 1. The Morgan fingerprint density at radius 1 is 1.35 bits per heavy atom. The van der Waals surface area contributed by atoms with E-state index >= 15 is 0 Å². The number of hydrogen-bond donors (Lipinski definition) is 1. The zero-order chi connectivity index (χ0) is 14.8. The fourth-order valence-corrected chi connectivity index (χ4v) is 2.83. The van der Waals surface area contributed by atoms with E-state index in [1.54, 1.807) is 0 Å². The molecule has 1 aromatic rings. The van der Waals surface area contributed by atoms with E-state index in [4.69, 9.17) is 0 Å². The van der Waals surface area contributed by atoms with Crippen LogP contribution in [0.5, 0.6) is 0 Å². The van der Waals surface area contributed by atoms with Crippen LogP contribution in [-0.2, 0) is 0 Å². The highest BCUT2D eigenvalue weighted by Gasteiger charge is 2.32. The number of aliphatic hydroxyl groups is 1. The zero-order valence-corrected chi connectivity index (χ0v) is 11.4. The molecule has 1 saturated heterocycles. The monoisotopic (exact) mass is 305 g/mol. The van der Waals surface area contributed by atoms with Crippen molar-refractivity contribution in [1.29, 1.82) is 0 Å². The fourth-order valence-electron chi connectivity index (χ4n) is 2.17. The second-order valence-corrected chi connectivity index (χ2v) is 5.70. The molecular weight excluding hydrogens is 291 g/mol. The molecule has 1 unspecified atom stereocenters. The van der Waals surface area contributed by atoms with Crippen molar-refractivity contribution in [1.82, 2.24) is 4.90 Å². The van der Waals surface area contributed by atoms with E-state index in [1.165, 1.54) is 29.2 Å². The second-order valence-electron chi connectivity index (χ2n) is 4.59. The molecule has 0 aromatic heterocycles. The van der Waals surface area contributed by atoms with E-state index < -0.39 is 17.5 Å². The Morgan fingerprint density at radius 2 is 2.05 bits per heavy atom. The highest BCUT2D eigenvalue weighted by Crippen LogP contribution is 2.38. The lowest BCUT2D eigenvalue weighted by Crippen LogP contribution is -2.42. The third kappa shape index (κ3) is 3.89.